The van der Waals surface area contributed by atoms with Crippen molar-refractivity contribution in [2.75, 3.05) is 12.4 Å². The quantitative estimate of drug-likeness (QED) is 0.857. The first-order valence-corrected chi connectivity index (χ1v) is 6.61. The molecule has 0 aliphatic carbocycles. The fourth-order valence-corrected chi connectivity index (χ4v) is 2.01. The monoisotopic (exact) mass is 283 g/mol. The van der Waals surface area contributed by atoms with Crippen molar-refractivity contribution in [2.24, 2.45) is 0 Å². The third-order valence-corrected chi connectivity index (χ3v) is 3.08. The van der Waals surface area contributed by atoms with Gasteiger partial charge in [-0.2, -0.15) is 0 Å². The molecule has 0 saturated carbocycles. The van der Waals surface area contributed by atoms with E-state index >= 15 is 0 Å². The number of nitrogens with one attached hydrogen (secondary N) is 1. The molecule has 0 aromatic heterocycles. The van der Waals surface area contributed by atoms with E-state index in [1.165, 1.54) is 6.92 Å². The Morgan fingerprint density at radius 1 is 1.05 bits per heavy atom. The van der Waals surface area contributed by atoms with E-state index in [0.717, 1.165) is 5.56 Å². The first kappa shape index (κ1) is 14.9. The highest BCUT2D eigenvalue weighted by Gasteiger charge is 2.11. The van der Waals surface area contributed by atoms with E-state index in [1.54, 1.807) is 43.5 Å². The zero-order valence-electron chi connectivity index (χ0n) is 12.1. The van der Waals surface area contributed by atoms with Crippen LogP contribution in [0.2, 0.25) is 0 Å². The molecule has 0 radical (unpaired) electrons. The number of hydrogen-bond acceptors (Lipinski definition) is 3. The lowest BCUT2D eigenvalue weighted by Crippen LogP contribution is -2.14. The number of amides is 1. The van der Waals surface area contributed by atoms with Gasteiger partial charge in [-0.25, -0.2) is 0 Å². The second-order valence-corrected chi connectivity index (χ2v) is 4.69. The Labute approximate surface area is 123 Å². The predicted octanol–water partition coefficient (Wildman–Crippen LogP) is 3.29. The summed E-state index contributed by atoms with van der Waals surface area (Å²) in [5.74, 6) is -0.325. The molecule has 2 aromatic rings. The Bertz CT molecular complexity index is 647. The summed E-state index contributed by atoms with van der Waals surface area (Å²) in [7, 11) is 1.62. The van der Waals surface area contributed by atoms with Crippen molar-refractivity contribution in [1.82, 2.24) is 0 Å². The Balaban J connectivity index is 2.16. The maximum atomic E-state index is 12.2. The van der Waals surface area contributed by atoms with Gasteiger partial charge in [0.1, 0.15) is 0 Å². The minimum Gasteiger partial charge on any atom is -0.380 e. The van der Waals surface area contributed by atoms with Crippen molar-refractivity contribution >= 4 is 17.4 Å². The molecule has 0 aliphatic heterocycles. The summed E-state index contributed by atoms with van der Waals surface area (Å²) in [6.07, 6.45) is 0. The van der Waals surface area contributed by atoms with Crippen LogP contribution >= 0.6 is 0 Å². The largest absolute Gasteiger partial charge is 0.380 e. The molecule has 0 aliphatic rings. The Kier molecular flexibility index (Phi) is 4.85. The van der Waals surface area contributed by atoms with Gasteiger partial charge in [0.05, 0.1) is 12.3 Å². The zero-order valence-corrected chi connectivity index (χ0v) is 12.1. The lowest BCUT2D eigenvalue weighted by molar-refractivity contribution is 0.101. The van der Waals surface area contributed by atoms with Crippen molar-refractivity contribution in [2.45, 2.75) is 13.5 Å². The first-order chi connectivity index (χ1) is 10.1. The summed E-state index contributed by atoms with van der Waals surface area (Å²) >= 11 is 0. The summed E-state index contributed by atoms with van der Waals surface area (Å²) in [5.41, 5.74) is 2.56. The number of Topliss-reactive ketones (excluding diaryl/α,β-unsaturated/α-hetero) is 1. The van der Waals surface area contributed by atoms with Crippen LogP contribution < -0.4 is 5.32 Å². The molecule has 0 unspecified atom stereocenters. The highest BCUT2D eigenvalue weighted by Crippen LogP contribution is 2.17. The van der Waals surface area contributed by atoms with E-state index in [1.807, 2.05) is 12.1 Å². The van der Waals surface area contributed by atoms with Crippen LogP contribution in [0.1, 0.15) is 33.2 Å². The fraction of sp³-hybridized carbons (Fsp3) is 0.176. The second kappa shape index (κ2) is 6.81. The average Bonchev–Trinajstić information content (AvgIpc) is 2.48. The van der Waals surface area contributed by atoms with Gasteiger partial charge in [0.2, 0.25) is 0 Å². The summed E-state index contributed by atoms with van der Waals surface area (Å²) in [6, 6.07) is 14.1. The zero-order chi connectivity index (χ0) is 15.2. The van der Waals surface area contributed by atoms with Crippen LogP contribution in [-0.2, 0) is 11.3 Å². The summed E-state index contributed by atoms with van der Waals surface area (Å²) in [5, 5.41) is 2.77. The molecule has 0 saturated heterocycles. The highest BCUT2D eigenvalue weighted by molar-refractivity contribution is 6.08. The SMILES string of the molecule is COCc1ccc(C(=O)Nc2ccccc2C(C)=O)cc1. The number of benzene rings is 2. The van der Waals surface area contributed by atoms with E-state index in [-0.39, 0.29) is 11.7 Å². The molecule has 0 atom stereocenters. The van der Waals surface area contributed by atoms with Gasteiger partial charge in [-0.05, 0) is 36.8 Å². The number of para-hydroxylation sites is 1. The van der Waals surface area contributed by atoms with Crippen LogP contribution in [-0.4, -0.2) is 18.8 Å². The van der Waals surface area contributed by atoms with Gasteiger partial charge in [0, 0.05) is 18.2 Å². The number of carbonyl (C=O) groups excluding carboxylic acids is 2. The van der Waals surface area contributed by atoms with Crippen LogP contribution in [0.5, 0.6) is 0 Å². The average molecular weight is 283 g/mol. The minimum atomic E-state index is -0.243. The lowest BCUT2D eigenvalue weighted by atomic mass is 10.1. The molecule has 4 nitrogen and oxygen atoms in total. The highest BCUT2D eigenvalue weighted by atomic mass is 16.5. The summed E-state index contributed by atoms with van der Waals surface area (Å²) < 4.78 is 5.03. The first-order valence-electron chi connectivity index (χ1n) is 6.61. The predicted molar refractivity (Wildman–Crippen MR) is 81.6 cm³/mol. The smallest absolute Gasteiger partial charge is 0.255 e. The Morgan fingerprint density at radius 3 is 2.33 bits per heavy atom. The molecule has 2 rings (SSSR count). The molecule has 1 N–H and O–H groups in total. The van der Waals surface area contributed by atoms with E-state index in [9.17, 15) is 9.59 Å². The normalized spacial score (nSPS) is 10.2. The molecular weight excluding hydrogens is 266 g/mol. The molecule has 1 amide bonds. The molecular formula is C17H17NO3. The molecule has 108 valence electrons. The number of ketones is 1. The van der Waals surface area contributed by atoms with Crippen LogP contribution in [0.4, 0.5) is 5.69 Å². The second-order valence-electron chi connectivity index (χ2n) is 4.69. The molecule has 0 heterocycles. The molecule has 0 bridgehead atoms. The lowest BCUT2D eigenvalue weighted by Gasteiger charge is -2.09. The van der Waals surface area contributed by atoms with Gasteiger partial charge < -0.3 is 10.1 Å². The maximum absolute atomic E-state index is 12.2. The fourth-order valence-electron chi connectivity index (χ4n) is 2.01. The maximum Gasteiger partial charge on any atom is 0.255 e. The van der Waals surface area contributed by atoms with Gasteiger partial charge >= 0.3 is 0 Å². The van der Waals surface area contributed by atoms with Crippen LogP contribution in [0.3, 0.4) is 0 Å². The summed E-state index contributed by atoms with van der Waals surface area (Å²) in [4.78, 5) is 23.7. The number of rotatable bonds is 5. The third kappa shape index (κ3) is 3.77. The van der Waals surface area contributed by atoms with E-state index in [2.05, 4.69) is 5.32 Å². The van der Waals surface area contributed by atoms with Gasteiger partial charge in [-0.3, -0.25) is 9.59 Å². The number of hydrogen-bond donors (Lipinski definition) is 1. The molecule has 4 heteroatoms. The topological polar surface area (TPSA) is 55.4 Å². The Morgan fingerprint density at radius 2 is 1.71 bits per heavy atom. The van der Waals surface area contributed by atoms with Crippen LogP contribution in [0.25, 0.3) is 0 Å². The van der Waals surface area contributed by atoms with Crippen LogP contribution in [0.15, 0.2) is 48.5 Å². The molecule has 0 fully saturated rings. The van der Waals surface area contributed by atoms with Crippen molar-refractivity contribution in [3.05, 3.63) is 65.2 Å². The third-order valence-electron chi connectivity index (χ3n) is 3.08. The standard InChI is InChI=1S/C17H17NO3/c1-12(19)15-5-3-4-6-16(15)18-17(20)14-9-7-13(8-10-14)11-21-2/h3-10H,11H2,1-2H3,(H,18,20). The summed E-state index contributed by atoms with van der Waals surface area (Å²) in [6.45, 7) is 1.99. The molecule has 2 aromatic carbocycles. The Hall–Kier alpha value is -2.46. The van der Waals surface area contributed by atoms with Crippen molar-refractivity contribution < 1.29 is 14.3 Å². The van der Waals surface area contributed by atoms with Gasteiger partial charge in [0.15, 0.2) is 5.78 Å². The van der Waals surface area contributed by atoms with Gasteiger partial charge in [-0.1, -0.05) is 24.3 Å². The number of carbonyl (C=O) groups is 2. The number of methoxy groups -OCH3 is 1. The van der Waals surface area contributed by atoms with E-state index in [0.29, 0.717) is 23.4 Å². The van der Waals surface area contributed by atoms with E-state index < -0.39 is 0 Å². The van der Waals surface area contributed by atoms with Crippen LogP contribution in [0, 0.1) is 0 Å². The van der Waals surface area contributed by atoms with Gasteiger partial charge in [-0.15, -0.1) is 0 Å². The van der Waals surface area contributed by atoms with Gasteiger partial charge in [0.25, 0.3) is 5.91 Å². The van der Waals surface area contributed by atoms with Crippen molar-refractivity contribution in [3.8, 4) is 0 Å². The molecule has 21 heavy (non-hydrogen) atoms. The number of ether oxygens (including phenoxy) is 1. The molecule has 0 spiro atoms. The van der Waals surface area contributed by atoms with E-state index in [4.69, 9.17) is 4.74 Å². The minimum absolute atomic E-state index is 0.0821. The number of anilines is 1. The van der Waals surface area contributed by atoms with Crippen molar-refractivity contribution in [1.29, 1.82) is 0 Å². The van der Waals surface area contributed by atoms with Crippen molar-refractivity contribution in [3.63, 3.8) is 0 Å².